The van der Waals surface area contributed by atoms with Crippen LogP contribution < -0.4 is 10.5 Å². The van der Waals surface area contributed by atoms with E-state index >= 15 is 0 Å². The summed E-state index contributed by atoms with van der Waals surface area (Å²) in [5.74, 6) is 2.05. The van der Waals surface area contributed by atoms with Gasteiger partial charge < -0.3 is 15.4 Å². The molecule has 1 aromatic rings. The maximum absolute atomic E-state index is 12.3. The molecule has 2 unspecified atom stereocenters. The smallest absolute Gasteiger partial charge is 0.260 e. The molecule has 2 N–H and O–H groups in total. The standard InChI is InChI=1S/C16H20N2O2S/c17-16(21)13-6-1-2-7-14(13)20-10-15(19)18-8-11-4-3-5-12(11)9-18/h1-2,6-7,11-12H,3-5,8-10H2,(H2,17,21). The van der Waals surface area contributed by atoms with Crippen molar-refractivity contribution in [3.05, 3.63) is 29.8 Å². The van der Waals surface area contributed by atoms with Gasteiger partial charge in [-0.05, 0) is 36.8 Å². The molecule has 3 rings (SSSR count). The Hall–Kier alpha value is -1.62. The second-order valence-electron chi connectivity index (χ2n) is 5.90. The van der Waals surface area contributed by atoms with Gasteiger partial charge in [0.1, 0.15) is 10.7 Å². The molecule has 5 heteroatoms. The quantitative estimate of drug-likeness (QED) is 0.864. The number of benzene rings is 1. The molecule has 1 saturated carbocycles. The largest absolute Gasteiger partial charge is 0.483 e. The second-order valence-corrected chi connectivity index (χ2v) is 6.34. The van der Waals surface area contributed by atoms with Gasteiger partial charge in [-0.3, -0.25) is 4.79 Å². The van der Waals surface area contributed by atoms with Gasteiger partial charge >= 0.3 is 0 Å². The van der Waals surface area contributed by atoms with E-state index in [1.807, 2.05) is 23.1 Å². The Bertz CT molecular complexity index is 549. The van der Waals surface area contributed by atoms with Crippen molar-refractivity contribution in [1.82, 2.24) is 4.90 Å². The second kappa shape index (κ2) is 6.02. The number of rotatable bonds is 4. The lowest BCUT2D eigenvalue weighted by Crippen LogP contribution is -2.33. The molecule has 4 nitrogen and oxygen atoms in total. The molecule has 112 valence electrons. The first-order chi connectivity index (χ1) is 10.1. The zero-order chi connectivity index (χ0) is 14.8. The minimum Gasteiger partial charge on any atom is -0.483 e. The number of amides is 1. The number of likely N-dealkylation sites (tertiary alicyclic amines) is 1. The van der Waals surface area contributed by atoms with E-state index in [1.54, 1.807) is 6.07 Å². The first-order valence-electron chi connectivity index (χ1n) is 7.44. The first-order valence-corrected chi connectivity index (χ1v) is 7.85. The van der Waals surface area contributed by atoms with E-state index in [9.17, 15) is 4.79 Å². The Morgan fingerprint density at radius 2 is 1.95 bits per heavy atom. The third-order valence-corrected chi connectivity index (χ3v) is 4.80. The summed E-state index contributed by atoms with van der Waals surface area (Å²) in [7, 11) is 0. The van der Waals surface area contributed by atoms with Crippen molar-refractivity contribution < 1.29 is 9.53 Å². The first kappa shape index (κ1) is 14.3. The lowest BCUT2D eigenvalue weighted by Gasteiger charge is -2.18. The Morgan fingerprint density at radius 1 is 1.29 bits per heavy atom. The highest BCUT2D eigenvalue weighted by Gasteiger charge is 2.37. The van der Waals surface area contributed by atoms with Crippen LogP contribution in [0.5, 0.6) is 5.75 Å². The van der Waals surface area contributed by atoms with Gasteiger partial charge in [0.2, 0.25) is 0 Å². The maximum Gasteiger partial charge on any atom is 0.260 e. The zero-order valence-electron chi connectivity index (χ0n) is 12.0. The van der Waals surface area contributed by atoms with Crippen molar-refractivity contribution in [2.45, 2.75) is 19.3 Å². The van der Waals surface area contributed by atoms with E-state index < -0.39 is 0 Å². The molecule has 1 saturated heterocycles. The van der Waals surface area contributed by atoms with Crippen LogP contribution >= 0.6 is 12.2 Å². The van der Waals surface area contributed by atoms with Crippen LogP contribution in [0.25, 0.3) is 0 Å². The number of carbonyl (C=O) groups is 1. The third-order valence-electron chi connectivity index (χ3n) is 4.58. The molecule has 2 atom stereocenters. The number of hydrogen-bond donors (Lipinski definition) is 1. The van der Waals surface area contributed by atoms with Gasteiger partial charge in [0, 0.05) is 13.1 Å². The fourth-order valence-corrected chi connectivity index (χ4v) is 3.63. The lowest BCUT2D eigenvalue weighted by molar-refractivity contribution is -0.132. The Morgan fingerprint density at radius 3 is 2.62 bits per heavy atom. The molecule has 1 aromatic carbocycles. The number of nitrogens with zero attached hydrogens (tertiary/aromatic N) is 1. The highest BCUT2D eigenvalue weighted by atomic mass is 32.1. The number of hydrogen-bond acceptors (Lipinski definition) is 3. The molecular formula is C16H20N2O2S. The predicted molar refractivity (Wildman–Crippen MR) is 85.2 cm³/mol. The summed E-state index contributed by atoms with van der Waals surface area (Å²) in [4.78, 5) is 14.5. The average molecular weight is 304 g/mol. The molecule has 2 fully saturated rings. The summed E-state index contributed by atoms with van der Waals surface area (Å²) in [6.07, 6.45) is 3.84. The highest BCUT2D eigenvalue weighted by Crippen LogP contribution is 2.37. The van der Waals surface area contributed by atoms with Gasteiger partial charge in [-0.2, -0.15) is 0 Å². The van der Waals surface area contributed by atoms with Crippen LogP contribution in [0.4, 0.5) is 0 Å². The predicted octanol–water partition coefficient (Wildman–Crippen LogP) is 1.96. The Labute approximate surface area is 130 Å². The van der Waals surface area contributed by atoms with Crippen molar-refractivity contribution in [3.63, 3.8) is 0 Å². The van der Waals surface area contributed by atoms with E-state index in [4.69, 9.17) is 22.7 Å². The van der Waals surface area contributed by atoms with Crippen molar-refractivity contribution in [3.8, 4) is 5.75 Å². The van der Waals surface area contributed by atoms with Gasteiger partial charge in [0.15, 0.2) is 6.61 Å². The molecule has 1 amide bonds. The van der Waals surface area contributed by atoms with Gasteiger partial charge in [-0.1, -0.05) is 30.8 Å². The molecule has 21 heavy (non-hydrogen) atoms. The number of nitrogens with two attached hydrogens (primary N) is 1. The normalized spacial score (nSPS) is 23.9. The highest BCUT2D eigenvalue weighted by molar-refractivity contribution is 7.80. The van der Waals surface area contributed by atoms with E-state index in [1.165, 1.54) is 19.3 Å². The van der Waals surface area contributed by atoms with E-state index in [0.717, 1.165) is 13.1 Å². The minimum absolute atomic E-state index is 0.0546. The van der Waals surface area contributed by atoms with Crippen LogP contribution in [-0.4, -0.2) is 35.5 Å². The average Bonchev–Trinajstić information content (AvgIpc) is 3.06. The third kappa shape index (κ3) is 3.02. The molecule has 2 aliphatic rings. The number of para-hydroxylation sites is 1. The molecule has 1 aliphatic heterocycles. The Balaban J connectivity index is 1.58. The van der Waals surface area contributed by atoms with Gasteiger partial charge in [-0.25, -0.2) is 0 Å². The van der Waals surface area contributed by atoms with Crippen LogP contribution in [0.15, 0.2) is 24.3 Å². The van der Waals surface area contributed by atoms with Crippen molar-refractivity contribution in [2.75, 3.05) is 19.7 Å². The fourth-order valence-electron chi connectivity index (χ4n) is 3.47. The molecule has 0 bridgehead atoms. The lowest BCUT2D eigenvalue weighted by atomic mass is 10.0. The van der Waals surface area contributed by atoms with Gasteiger partial charge in [0.25, 0.3) is 5.91 Å². The number of carbonyl (C=O) groups excluding carboxylic acids is 1. The monoisotopic (exact) mass is 304 g/mol. The summed E-state index contributed by atoms with van der Waals surface area (Å²) in [5.41, 5.74) is 6.34. The van der Waals surface area contributed by atoms with Crippen LogP contribution in [0.2, 0.25) is 0 Å². The van der Waals surface area contributed by atoms with Crippen LogP contribution in [-0.2, 0) is 4.79 Å². The van der Waals surface area contributed by atoms with Gasteiger partial charge in [-0.15, -0.1) is 0 Å². The Kier molecular flexibility index (Phi) is 4.10. The van der Waals surface area contributed by atoms with E-state index in [0.29, 0.717) is 23.1 Å². The molecular weight excluding hydrogens is 284 g/mol. The summed E-state index contributed by atoms with van der Waals surface area (Å²) >= 11 is 4.99. The van der Waals surface area contributed by atoms with Crippen LogP contribution in [0.1, 0.15) is 24.8 Å². The number of fused-ring (bicyclic) bond motifs is 1. The van der Waals surface area contributed by atoms with E-state index in [2.05, 4.69) is 0 Å². The summed E-state index contributed by atoms with van der Waals surface area (Å²) < 4.78 is 5.64. The molecule has 1 aliphatic carbocycles. The van der Waals surface area contributed by atoms with Crippen molar-refractivity contribution in [2.24, 2.45) is 17.6 Å². The van der Waals surface area contributed by atoms with E-state index in [-0.39, 0.29) is 17.5 Å². The molecule has 0 spiro atoms. The topological polar surface area (TPSA) is 55.6 Å². The molecule has 0 radical (unpaired) electrons. The summed E-state index contributed by atoms with van der Waals surface area (Å²) in [5, 5.41) is 0. The SMILES string of the molecule is NC(=S)c1ccccc1OCC(=O)N1CC2CCCC2C1. The van der Waals surface area contributed by atoms with Crippen LogP contribution in [0, 0.1) is 11.8 Å². The minimum atomic E-state index is 0.0546. The van der Waals surface area contributed by atoms with Crippen molar-refractivity contribution in [1.29, 1.82) is 0 Å². The number of thiocarbonyl (C=S) groups is 1. The van der Waals surface area contributed by atoms with Crippen molar-refractivity contribution >= 4 is 23.1 Å². The van der Waals surface area contributed by atoms with Crippen LogP contribution in [0.3, 0.4) is 0 Å². The zero-order valence-corrected chi connectivity index (χ0v) is 12.8. The maximum atomic E-state index is 12.3. The summed E-state index contributed by atoms with van der Waals surface area (Å²) in [6.45, 7) is 1.84. The van der Waals surface area contributed by atoms with Gasteiger partial charge in [0.05, 0.1) is 5.56 Å². The molecule has 1 heterocycles. The molecule has 0 aromatic heterocycles. The summed E-state index contributed by atoms with van der Waals surface area (Å²) in [6, 6.07) is 7.30. The number of ether oxygens (including phenoxy) is 1. The fraction of sp³-hybridized carbons (Fsp3) is 0.500.